The molecule has 1 aliphatic heterocycles. The largest absolute Gasteiger partial charge is 0.378 e. The maximum Gasteiger partial charge on any atom is 0.234 e. The van der Waals surface area contributed by atoms with E-state index in [1.54, 1.807) is 0 Å². The highest BCUT2D eigenvalue weighted by atomic mass is 16.5. The van der Waals surface area contributed by atoms with Crippen LogP contribution in [0.2, 0.25) is 0 Å². The molecule has 0 aromatic heterocycles. The summed E-state index contributed by atoms with van der Waals surface area (Å²) in [4.78, 5) is 29.1. The van der Waals surface area contributed by atoms with Crippen molar-refractivity contribution in [2.24, 2.45) is 0 Å². The van der Waals surface area contributed by atoms with E-state index < -0.39 is 0 Å². The standard InChI is InChI=1S/C30H44N4O6/c35-29(31-23-27-7-3-1-4-8-27)25-33-11-15-37-19-21-39-17-13-34(14-18-40-22-20-38-16-12-33)26-30(36)32-24-28-9-5-2-6-10-28/h1-10H,11-26H2,(H,31,35)(H,32,36). The molecule has 1 saturated heterocycles. The van der Waals surface area contributed by atoms with Gasteiger partial charge in [0.2, 0.25) is 11.8 Å². The third-order valence-electron chi connectivity index (χ3n) is 6.35. The van der Waals surface area contributed by atoms with Crippen LogP contribution in [0.5, 0.6) is 0 Å². The Bertz CT molecular complexity index is 852. The summed E-state index contributed by atoms with van der Waals surface area (Å²) in [5.41, 5.74) is 2.13. The molecule has 1 heterocycles. The second kappa shape index (κ2) is 20.1. The van der Waals surface area contributed by atoms with Crippen LogP contribution in [0.1, 0.15) is 11.1 Å². The summed E-state index contributed by atoms with van der Waals surface area (Å²) in [6.45, 7) is 7.85. The first-order valence-corrected chi connectivity index (χ1v) is 14.1. The van der Waals surface area contributed by atoms with Gasteiger partial charge in [-0.1, -0.05) is 60.7 Å². The van der Waals surface area contributed by atoms with E-state index >= 15 is 0 Å². The van der Waals surface area contributed by atoms with Crippen LogP contribution in [-0.4, -0.2) is 114 Å². The fourth-order valence-electron chi connectivity index (χ4n) is 4.07. The van der Waals surface area contributed by atoms with Crippen molar-refractivity contribution in [2.75, 3.05) is 92.1 Å². The Morgan fingerprint density at radius 3 is 1.18 bits per heavy atom. The first-order valence-electron chi connectivity index (χ1n) is 14.1. The molecule has 3 rings (SSSR count). The first-order chi connectivity index (χ1) is 19.7. The minimum absolute atomic E-state index is 0.0315. The van der Waals surface area contributed by atoms with E-state index in [4.69, 9.17) is 18.9 Å². The van der Waals surface area contributed by atoms with Gasteiger partial charge < -0.3 is 29.6 Å². The highest BCUT2D eigenvalue weighted by Crippen LogP contribution is 2.00. The minimum Gasteiger partial charge on any atom is -0.378 e. The summed E-state index contributed by atoms with van der Waals surface area (Å²) in [6.07, 6.45) is 0. The molecule has 1 fully saturated rings. The number of hydrogen-bond acceptors (Lipinski definition) is 8. The molecule has 0 bridgehead atoms. The van der Waals surface area contributed by atoms with Crippen LogP contribution in [0.25, 0.3) is 0 Å². The minimum atomic E-state index is -0.0315. The fraction of sp³-hybridized carbons (Fsp3) is 0.533. The number of ether oxygens (including phenoxy) is 4. The van der Waals surface area contributed by atoms with E-state index in [9.17, 15) is 9.59 Å². The highest BCUT2D eigenvalue weighted by molar-refractivity contribution is 5.78. The highest BCUT2D eigenvalue weighted by Gasteiger charge is 2.13. The molecule has 0 atom stereocenters. The van der Waals surface area contributed by atoms with Gasteiger partial charge in [0.05, 0.1) is 65.9 Å². The normalized spacial score (nSPS) is 17.8. The number of carbonyl (C=O) groups excluding carboxylic acids is 2. The van der Waals surface area contributed by atoms with Crippen molar-refractivity contribution in [3.63, 3.8) is 0 Å². The van der Waals surface area contributed by atoms with Crippen molar-refractivity contribution < 1.29 is 28.5 Å². The van der Waals surface area contributed by atoms with Crippen molar-refractivity contribution in [3.8, 4) is 0 Å². The van der Waals surface area contributed by atoms with Crippen molar-refractivity contribution in [1.82, 2.24) is 20.4 Å². The van der Waals surface area contributed by atoms with Gasteiger partial charge in [0.25, 0.3) is 0 Å². The Balaban J connectivity index is 1.36. The Morgan fingerprint density at radius 1 is 0.525 bits per heavy atom. The predicted octanol–water partition coefficient (Wildman–Crippen LogP) is 1.30. The maximum atomic E-state index is 12.5. The maximum absolute atomic E-state index is 12.5. The summed E-state index contributed by atoms with van der Waals surface area (Å²) in [5.74, 6) is -0.0630. The van der Waals surface area contributed by atoms with Gasteiger partial charge in [-0.25, -0.2) is 0 Å². The molecule has 10 nitrogen and oxygen atoms in total. The monoisotopic (exact) mass is 556 g/mol. The molecule has 1 aliphatic rings. The van der Waals surface area contributed by atoms with Crippen molar-refractivity contribution in [2.45, 2.75) is 13.1 Å². The molecular formula is C30H44N4O6. The van der Waals surface area contributed by atoms with Crippen LogP contribution in [0.3, 0.4) is 0 Å². The van der Waals surface area contributed by atoms with Gasteiger partial charge in [-0.3, -0.25) is 19.4 Å². The molecule has 2 aromatic rings. The van der Waals surface area contributed by atoms with E-state index in [1.165, 1.54) is 0 Å². The first kappa shape index (κ1) is 31.7. The SMILES string of the molecule is O=C(CN1CCOCCOCCN(CC(=O)NCc2ccccc2)CCOCCOCC1)NCc1ccccc1. The number of hydrogen-bond donors (Lipinski definition) is 2. The van der Waals surface area contributed by atoms with Crippen LogP contribution in [0.4, 0.5) is 0 Å². The van der Waals surface area contributed by atoms with E-state index in [0.717, 1.165) is 11.1 Å². The van der Waals surface area contributed by atoms with Crippen molar-refractivity contribution in [3.05, 3.63) is 71.8 Å². The Morgan fingerprint density at radius 2 is 0.850 bits per heavy atom. The van der Waals surface area contributed by atoms with Crippen LogP contribution in [0, 0.1) is 0 Å². The molecule has 2 amide bonds. The summed E-state index contributed by atoms with van der Waals surface area (Å²) >= 11 is 0. The smallest absolute Gasteiger partial charge is 0.234 e. The lowest BCUT2D eigenvalue weighted by molar-refractivity contribution is -0.123. The van der Waals surface area contributed by atoms with Gasteiger partial charge in [0, 0.05) is 39.3 Å². The van der Waals surface area contributed by atoms with Gasteiger partial charge in [-0.05, 0) is 11.1 Å². The van der Waals surface area contributed by atoms with Crippen LogP contribution < -0.4 is 10.6 Å². The number of nitrogens with one attached hydrogen (secondary N) is 2. The van der Waals surface area contributed by atoms with Gasteiger partial charge in [0.1, 0.15) is 0 Å². The molecule has 220 valence electrons. The van der Waals surface area contributed by atoms with Crippen LogP contribution in [-0.2, 0) is 41.6 Å². The molecule has 40 heavy (non-hydrogen) atoms. The molecule has 2 aromatic carbocycles. The Hall–Kier alpha value is -2.86. The molecular weight excluding hydrogens is 512 g/mol. The average Bonchev–Trinajstić information content (AvgIpc) is 2.98. The summed E-state index contributed by atoms with van der Waals surface area (Å²) < 4.78 is 23.0. The lowest BCUT2D eigenvalue weighted by Crippen LogP contribution is -2.41. The lowest BCUT2D eigenvalue weighted by atomic mass is 10.2. The Kier molecular flexibility index (Phi) is 15.9. The molecule has 10 heteroatoms. The van der Waals surface area contributed by atoms with Crippen LogP contribution >= 0.6 is 0 Å². The second-order valence-corrected chi connectivity index (χ2v) is 9.53. The number of rotatable bonds is 8. The van der Waals surface area contributed by atoms with Crippen molar-refractivity contribution in [1.29, 1.82) is 0 Å². The van der Waals surface area contributed by atoms with Crippen molar-refractivity contribution >= 4 is 11.8 Å². The Labute approximate surface area is 237 Å². The molecule has 0 saturated carbocycles. The lowest BCUT2D eigenvalue weighted by Gasteiger charge is -2.23. The average molecular weight is 557 g/mol. The summed E-state index contributed by atoms with van der Waals surface area (Å²) in [6, 6.07) is 19.7. The van der Waals surface area contributed by atoms with Gasteiger partial charge in [-0.2, -0.15) is 0 Å². The topological polar surface area (TPSA) is 102 Å². The van der Waals surface area contributed by atoms with E-state index in [1.807, 2.05) is 70.5 Å². The van der Waals surface area contributed by atoms with Gasteiger partial charge >= 0.3 is 0 Å². The third kappa shape index (κ3) is 14.5. The van der Waals surface area contributed by atoms with E-state index in [2.05, 4.69) is 10.6 Å². The summed E-state index contributed by atoms with van der Waals surface area (Å²) in [5, 5.41) is 5.95. The fourth-order valence-corrected chi connectivity index (χ4v) is 4.07. The van der Waals surface area contributed by atoms with E-state index in [0.29, 0.717) is 92.1 Å². The van der Waals surface area contributed by atoms with Gasteiger partial charge in [0.15, 0.2) is 0 Å². The zero-order valence-electron chi connectivity index (χ0n) is 23.4. The second-order valence-electron chi connectivity index (χ2n) is 9.53. The number of amides is 2. The van der Waals surface area contributed by atoms with Crippen LogP contribution in [0.15, 0.2) is 60.7 Å². The number of benzene rings is 2. The zero-order valence-corrected chi connectivity index (χ0v) is 23.4. The molecule has 0 aliphatic carbocycles. The van der Waals surface area contributed by atoms with Gasteiger partial charge in [-0.15, -0.1) is 0 Å². The molecule has 0 spiro atoms. The molecule has 0 radical (unpaired) electrons. The molecule has 0 unspecified atom stereocenters. The third-order valence-corrected chi connectivity index (χ3v) is 6.35. The zero-order chi connectivity index (χ0) is 28.1. The quantitative estimate of drug-likeness (QED) is 0.502. The number of carbonyl (C=O) groups is 2. The molecule has 2 N–H and O–H groups in total. The predicted molar refractivity (Wildman–Crippen MR) is 153 cm³/mol. The van der Waals surface area contributed by atoms with E-state index in [-0.39, 0.29) is 24.9 Å². The summed E-state index contributed by atoms with van der Waals surface area (Å²) in [7, 11) is 0. The number of nitrogens with zero attached hydrogens (tertiary/aromatic N) is 2.